The molecule has 3 rings (SSSR count). The molecular weight excluding hydrogens is 402 g/mol. The molecule has 2 N–H and O–H groups in total. The van der Waals surface area contributed by atoms with Crippen LogP contribution in [0.2, 0.25) is 0 Å². The van der Waals surface area contributed by atoms with Crippen molar-refractivity contribution in [2.24, 2.45) is 0 Å². The second-order valence-corrected chi connectivity index (χ2v) is 7.36. The van der Waals surface area contributed by atoms with E-state index in [1.807, 2.05) is 26.0 Å². The third-order valence-electron chi connectivity index (χ3n) is 3.30. The number of hydrogen-bond acceptors (Lipinski definition) is 5. The number of aromatic nitrogens is 2. The molecule has 1 aromatic carbocycles. The molecule has 132 valence electrons. The Labute approximate surface area is 159 Å². The molecule has 0 atom stereocenters. The minimum absolute atomic E-state index is 0.245. The van der Waals surface area contributed by atoms with Gasteiger partial charge in [0.1, 0.15) is 15.0 Å². The molecule has 0 aliphatic heterocycles. The molecule has 5 nitrogen and oxygen atoms in total. The molecule has 2 heterocycles. The molecule has 0 aliphatic carbocycles. The lowest BCUT2D eigenvalue weighted by atomic mass is 9.97. The summed E-state index contributed by atoms with van der Waals surface area (Å²) < 4.78 is 0.730. The van der Waals surface area contributed by atoms with Gasteiger partial charge in [-0.3, -0.25) is 10.1 Å². The zero-order valence-corrected chi connectivity index (χ0v) is 16.9. The van der Waals surface area contributed by atoms with Gasteiger partial charge < -0.3 is 5.11 Å². The fourth-order valence-corrected chi connectivity index (χ4v) is 3.31. The Balaban J connectivity index is 0.00000109. The van der Waals surface area contributed by atoms with Gasteiger partial charge in [0.05, 0.1) is 5.60 Å². The third-order valence-corrected chi connectivity index (χ3v) is 4.62. The maximum atomic E-state index is 12.3. The Morgan fingerprint density at radius 2 is 1.76 bits per heavy atom. The number of pyridine rings is 1. The van der Waals surface area contributed by atoms with Gasteiger partial charge in [0.2, 0.25) is 0 Å². The average molecular weight is 422 g/mol. The van der Waals surface area contributed by atoms with E-state index >= 15 is 0 Å². The van der Waals surface area contributed by atoms with Crippen molar-refractivity contribution in [1.82, 2.24) is 9.97 Å². The molecule has 2 aromatic heterocycles. The number of anilines is 1. The first-order valence-electron chi connectivity index (χ1n) is 7.90. The maximum Gasteiger partial charge on any atom is 0.257 e. The lowest BCUT2D eigenvalue weighted by Crippen LogP contribution is -2.16. The summed E-state index contributed by atoms with van der Waals surface area (Å²) in [7, 11) is 0. The highest BCUT2D eigenvalue weighted by Gasteiger charge is 2.17. The summed E-state index contributed by atoms with van der Waals surface area (Å²) in [5.74, 6) is -0.245. The first-order chi connectivity index (χ1) is 11.8. The molecule has 0 radical (unpaired) electrons. The van der Waals surface area contributed by atoms with Gasteiger partial charge >= 0.3 is 0 Å². The largest absolute Gasteiger partial charge is 0.386 e. The Hall–Kier alpha value is -1.83. The predicted molar refractivity (Wildman–Crippen MR) is 106 cm³/mol. The van der Waals surface area contributed by atoms with Gasteiger partial charge in [0, 0.05) is 5.56 Å². The normalized spacial score (nSPS) is 11.0. The SMILES string of the molecule is CC.CC(C)(O)c1ccc(C(=O)Nc2nc3ccc(Br)nc3s2)cc1. The fourth-order valence-electron chi connectivity index (χ4n) is 2.05. The Kier molecular flexibility index (Phi) is 6.26. The van der Waals surface area contributed by atoms with Crippen LogP contribution in [-0.4, -0.2) is 21.0 Å². The van der Waals surface area contributed by atoms with Crippen LogP contribution in [0.1, 0.15) is 43.6 Å². The van der Waals surface area contributed by atoms with Crippen molar-refractivity contribution in [3.05, 3.63) is 52.1 Å². The first-order valence-corrected chi connectivity index (χ1v) is 9.51. The number of nitrogens with zero attached hydrogens (tertiary/aromatic N) is 2. The van der Waals surface area contributed by atoms with Crippen LogP contribution in [0.5, 0.6) is 0 Å². The summed E-state index contributed by atoms with van der Waals surface area (Å²) in [5.41, 5.74) is 1.07. The smallest absolute Gasteiger partial charge is 0.257 e. The number of fused-ring (bicyclic) bond motifs is 1. The molecule has 0 aliphatic rings. The van der Waals surface area contributed by atoms with Crippen molar-refractivity contribution in [2.45, 2.75) is 33.3 Å². The number of carbonyl (C=O) groups is 1. The van der Waals surface area contributed by atoms with E-state index in [1.165, 1.54) is 11.3 Å². The summed E-state index contributed by atoms with van der Waals surface area (Å²) in [6.45, 7) is 7.41. The van der Waals surface area contributed by atoms with Crippen molar-refractivity contribution in [3.8, 4) is 0 Å². The summed E-state index contributed by atoms with van der Waals surface area (Å²) in [6, 6.07) is 10.5. The van der Waals surface area contributed by atoms with Crippen molar-refractivity contribution >= 4 is 48.7 Å². The molecule has 0 saturated carbocycles. The average Bonchev–Trinajstić information content (AvgIpc) is 2.97. The number of carbonyl (C=O) groups excluding carboxylic acids is 1. The standard InChI is InChI=1S/C16H14BrN3O2S.C2H6/c1-16(2,22)10-5-3-9(4-6-10)13(21)20-15-18-11-7-8-12(17)19-14(11)23-15;1-2/h3-8,22H,1-2H3,(H,18,20,21);1-2H3. The second-order valence-electron chi connectivity index (χ2n) is 5.57. The number of halogens is 1. The zero-order chi connectivity index (χ0) is 18.6. The molecule has 0 bridgehead atoms. The second kappa shape index (κ2) is 8.03. The van der Waals surface area contributed by atoms with Gasteiger partial charge in [-0.25, -0.2) is 9.97 Å². The lowest BCUT2D eigenvalue weighted by molar-refractivity contribution is 0.0785. The number of nitrogens with one attached hydrogen (secondary N) is 1. The minimum atomic E-state index is -0.929. The molecule has 0 spiro atoms. The van der Waals surface area contributed by atoms with Crippen LogP contribution in [0.3, 0.4) is 0 Å². The first kappa shape index (κ1) is 19.5. The highest BCUT2D eigenvalue weighted by Crippen LogP contribution is 2.26. The van der Waals surface area contributed by atoms with Crippen molar-refractivity contribution in [3.63, 3.8) is 0 Å². The number of benzene rings is 1. The number of rotatable bonds is 3. The van der Waals surface area contributed by atoms with Gasteiger partial charge in [-0.1, -0.05) is 37.3 Å². The molecule has 0 unspecified atom stereocenters. The van der Waals surface area contributed by atoms with Gasteiger partial charge in [-0.2, -0.15) is 0 Å². The van der Waals surface area contributed by atoms with E-state index < -0.39 is 5.60 Å². The molecular formula is C18H20BrN3O2S. The Morgan fingerprint density at radius 1 is 1.12 bits per heavy atom. The molecule has 7 heteroatoms. The van der Waals surface area contributed by atoms with E-state index in [0.29, 0.717) is 10.7 Å². The summed E-state index contributed by atoms with van der Waals surface area (Å²) in [6.07, 6.45) is 0. The van der Waals surface area contributed by atoms with E-state index in [2.05, 4.69) is 31.2 Å². The third kappa shape index (κ3) is 4.84. The highest BCUT2D eigenvalue weighted by molar-refractivity contribution is 9.10. The van der Waals surface area contributed by atoms with Crippen LogP contribution in [0.25, 0.3) is 10.3 Å². The molecule has 25 heavy (non-hydrogen) atoms. The number of hydrogen-bond donors (Lipinski definition) is 2. The van der Waals surface area contributed by atoms with E-state index in [9.17, 15) is 9.90 Å². The summed E-state index contributed by atoms with van der Waals surface area (Å²) in [5, 5.41) is 13.2. The molecule has 0 fully saturated rings. The molecule has 0 saturated heterocycles. The lowest BCUT2D eigenvalue weighted by Gasteiger charge is -2.17. The fraction of sp³-hybridized carbons (Fsp3) is 0.278. The predicted octanol–water partition coefficient (Wildman–Crippen LogP) is 4.96. The van der Waals surface area contributed by atoms with E-state index in [1.54, 1.807) is 38.1 Å². The summed E-state index contributed by atoms with van der Waals surface area (Å²) >= 11 is 4.63. The van der Waals surface area contributed by atoms with Crippen LogP contribution >= 0.6 is 27.3 Å². The van der Waals surface area contributed by atoms with Gasteiger partial charge in [-0.15, -0.1) is 0 Å². The highest BCUT2D eigenvalue weighted by atomic mass is 79.9. The molecule has 1 amide bonds. The number of aliphatic hydroxyl groups is 1. The monoisotopic (exact) mass is 421 g/mol. The van der Waals surface area contributed by atoms with Crippen LogP contribution in [-0.2, 0) is 5.60 Å². The maximum absolute atomic E-state index is 12.3. The van der Waals surface area contributed by atoms with E-state index in [0.717, 1.165) is 20.5 Å². The van der Waals surface area contributed by atoms with Crippen molar-refractivity contribution in [1.29, 1.82) is 0 Å². The Morgan fingerprint density at radius 3 is 2.36 bits per heavy atom. The van der Waals surface area contributed by atoms with Crippen LogP contribution in [0, 0.1) is 0 Å². The quantitative estimate of drug-likeness (QED) is 0.585. The van der Waals surface area contributed by atoms with Gasteiger partial charge in [-0.05, 0) is 59.6 Å². The van der Waals surface area contributed by atoms with Gasteiger partial charge in [0.15, 0.2) is 5.13 Å². The van der Waals surface area contributed by atoms with E-state index in [-0.39, 0.29) is 5.91 Å². The molecule has 3 aromatic rings. The summed E-state index contributed by atoms with van der Waals surface area (Å²) in [4.78, 5) is 21.7. The van der Waals surface area contributed by atoms with Crippen LogP contribution in [0.15, 0.2) is 41.0 Å². The Bertz CT molecular complexity index is 870. The van der Waals surface area contributed by atoms with Crippen LogP contribution in [0.4, 0.5) is 5.13 Å². The minimum Gasteiger partial charge on any atom is -0.386 e. The number of amides is 1. The topological polar surface area (TPSA) is 75.1 Å². The zero-order valence-electron chi connectivity index (χ0n) is 14.5. The van der Waals surface area contributed by atoms with Gasteiger partial charge in [0.25, 0.3) is 5.91 Å². The number of thiazole rings is 1. The van der Waals surface area contributed by atoms with Crippen molar-refractivity contribution < 1.29 is 9.90 Å². The van der Waals surface area contributed by atoms with Crippen LogP contribution < -0.4 is 5.32 Å². The van der Waals surface area contributed by atoms with E-state index in [4.69, 9.17) is 0 Å². The van der Waals surface area contributed by atoms with Crippen molar-refractivity contribution in [2.75, 3.05) is 5.32 Å².